The number of carbonyl (C=O) groups is 2. The van der Waals surface area contributed by atoms with Crippen LogP contribution in [0.5, 0.6) is 5.75 Å². The monoisotopic (exact) mass is 551 g/mol. The summed E-state index contributed by atoms with van der Waals surface area (Å²) in [6.07, 6.45) is 6.49. The van der Waals surface area contributed by atoms with Gasteiger partial charge in [0.2, 0.25) is 0 Å². The first-order chi connectivity index (χ1) is 18.7. The molecule has 0 unspecified atom stereocenters. The summed E-state index contributed by atoms with van der Waals surface area (Å²) in [5.74, 6) is -0.544. The molecule has 39 heavy (non-hydrogen) atoms. The number of esters is 2. The van der Waals surface area contributed by atoms with Crippen LogP contribution in [-0.4, -0.2) is 36.2 Å². The van der Waals surface area contributed by atoms with Gasteiger partial charge in [0, 0.05) is 16.5 Å². The van der Waals surface area contributed by atoms with E-state index in [1.807, 2.05) is 69.3 Å². The van der Waals surface area contributed by atoms with Crippen LogP contribution in [0.3, 0.4) is 0 Å². The minimum atomic E-state index is -0.602. The van der Waals surface area contributed by atoms with E-state index in [9.17, 15) is 9.59 Å². The van der Waals surface area contributed by atoms with E-state index in [-0.39, 0.29) is 6.42 Å². The van der Waals surface area contributed by atoms with Crippen molar-refractivity contribution in [3.05, 3.63) is 59.5 Å². The molecule has 3 aromatic rings. The largest absolute Gasteiger partial charge is 0.494 e. The molecule has 6 nitrogen and oxygen atoms in total. The van der Waals surface area contributed by atoms with Crippen LogP contribution in [0.15, 0.2) is 53.9 Å². The minimum absolute atomic E-state index is 0.0235. The predicted octanol–water partition coefficient (Wildman–Crippen LogP) is 7.89. The van der Waals surface area contributed by atoms with Gasteiger partial charge >= 0.3 is 11.9 Å². The molecule has 1 heterocycles. The van der Waals surface area contributed by atoms with E-state index in [0.717, 1.165) is 46.2 Å². The normalized spacial score (nSPS) is 12.1. The second-order valence-corrected chi connectivity index (χ2v) is 11.6. The van der Waals surface area contributed by atoms with Gasteiger partial charge in [0.1, 0.15) is 16.4 Å². The lowest BCUT2D eigenvalue weighted by Crippen LogP contribution is -2.28. The fraction of sp³-hybridized carbons (Fsp3) is 0.469. The van der Waals surface area contributed by atoms with Crippen molar-refractivity contribution < 1.29 is 23.8 Å². The molecule has 0 aliphatic carbocycles. The summed E-state index contributed by atoms with van der Waals surface area (Å²) in [7, 11) is 1.34. The van der Waals surface area contributed by atoms with Gasteiger partial charge in [-0.2, -0.15) is 0 Å². The van der Waals surface area contributed by atoms with E-state index >= 15 is 0 Å². The number of aromatic nitrogens is 1. The van der Waals surface area contributed by atoms with Crippen molar-refractivity contribution in [2.75, 3.05) is 13.7 Å². The summed E-state index contributed by atoms with van der Waals surface area (Å²) in [6.45, 7) is 8.40. The second-order valence-electron chi connectivity index (χ2n) is 10.7. The van der Waals surface area contributed by atoms with Crippen molar-refractivity contribution in [1.29, 1.82) is 0 Å². The van der Waals surface area contributed by atoms with Crippen molar-refractivity contribution in [2.24, 2.45) is 5.92 Å². The van der Waals surface area contributed by atoms with E-state index in [1.54, 1.807) is 11.3 Å². The molecule has 7 heteroatoms. The summed E-state index contributed by atoms with van der Waals surface area (Å²) in [5, 5.41) is 2.98. The SMILES string of the molecule is CCCCCCCOc1ccc(-c2csc(-c3ccc(C[C@H](CC(=O)OC(C)(C)C)C(=O)OC)cc3)n2)cc1. The van der Waals surface area contributed by atoms with Crippen LogP contribution >= 0.6 is 11.3 Å². The zero-order valence-corrected chi connectivity index (χ0v) is 24.6. The Labute approximate surface area is 236 Å². The highest BCUT2D eigenvalue weighted by Gasteiger charge is 2.26. The van der Waals surface area contributed by atoms with Gasteiger partial charge in [-0.1, -0.05) is 56.9 Å². The fourth-order valence-electron chi connectivity index (χ4n) is 4.21. The fourth-order valence-corrected chi connectivity index (χ4v) is 5.05. The number of unbranched alkanes of at least 4 members (excludes halogenated alkanes) is 4. The van der Waals surface area contributed by atoms with Gasteiger partial charge in [-0.05, 0) is 63.4 Å². The Hall–Kier alpha value is -3.19. The van der Waals surface area contributed by atoms with E-state index in [4.69, 9.17) is 19.2 Å². The van der Waals surface area contributed by atoms with Crippen LogP contribution in [0.1, 0.15) is 71.8 Å². The van der Waals surface area contributed by atoms with E-state index in [0.29, 0.717) is 6.42 Å². The Morgan fingerprint density at radius 3 is 2.23 bits per heavy atom. The lowest BCUT2D eigenvalue weighted by atomic mass is 9.95. The number of hydrogen-bond donors (Lipinski definition) is 0. The molecule has 0 bridgehead atoms. The lowest BCUT2D eigenvalue weighted by molar-refractivity contribution is -0.160. The first-order valence-corrected chi connectivity index (χ1v) is 14.6. The smallest absolute Gasteiger partial charge is 0.309 e. The molecular weight excluding hydrogens is 510 g/mol. The standard InChI is InChI=1S/C32H41NO5S/c1-6-7-8-9-10-19-37-27-17-15-24(16-18-27)28-22-39-30(33-28)25-13-11-23(12-14-25)20-26(31(35)36-5)21-29(34)38-32(2,3)4/h11-18,22,26H,6-10,19-21H2,1-5H3/t26-/m1/s1. The van der Waals surface area contributed by atoms with Crippen LogP contribution in [0.4, 0.5) is 0 Å². The molecule has 0 aliphatic heterocycles. The molecule has 3 rings (SSSR count). The Balaban J connectivity index is 1.58. The van der Waals surface area contributed by atoms with Crippen LogP contribution in [0.2, 0.25) is 0 Å². The molecule has 0 saturated heterocycles. The van der Waals surface area contributed by atoms with Gasteiger partial charge in [-0.3, -0.25) is 9.59 Å². The molecule has 0 N–H and O–H groups in total. The van der Waals surface area contributed by atoms with Gasteiger partial charge in [0.05, 0.1) is 31.7 Å². The topological polar surface area (TPSA) is 74.7 Å². The molecule has 1 atom stereocenters. The third-order valence-corrected chi connectivity index (χ3v) is 7.11. The van der Waals surface area contributed by atoms with Crippen molar-refractivity contribution in [1.82, 2.24) is 4.98 Å². The molecule has 0 spiro atoms. The lowest BCUT2D eigenvalue weighted by Gasteiger charge is -2.21. The average molecular weight is 552 g/mol. The maximum Gasteiger partial charge on any atom is 0.309 e. The summed E-state index contributed by atoms with van der Waals surface area (Å²) in [5.41, 5.74) is 3.31. The van der Waals surface area contributed by atoms with Gasteiger partial charge in [-0.25, -0.2) is 4.98 Å². The van der Waals surface area contributed by atoms with Gasteiger partial charge < -0.3 is 14.2 Å². The molecule has 1 aromatic heterocycles. The zero-order valence-electron chi connectivity index (χ0n) is 23.8. The third-order valence-electron chi connectivity index (χ3n) is 6.22. The molecule has 2 aromatic carbocycles. The summed E-state index contributed by atoms with van der Waals surface area (Å²) in [6, 6.07) is 16.0. The Kier molecular flexibility index (Phi) is 11.5. The quantitative estimate of drug-likeness (QED) is 0.150. The van der Waals surface area contributed by atoms with E-state index in [1.165, 1.54) is 32.8 Å². The van der Waals surface area contributed by atoms with Gasteiger partial charge in [0.25, 0.3) is 0 Å². The summed E-state index contributed by atoms with van der Waals surface area (Å²) in [4.78, 5) is 29.5. The highest BCUT2D eigenvalue weighted by molar-refractivity contribution is 7.13. The first kappa shape index (κ1) is 30.4. The summed E-state index contributed by atoms with van der Waals surface area (Å²) < 4.78 is 16.2. The van der Waals surface area contributed by atoms with Crippen molar-refractivity contribution in [3.8, 4) is 27.6 Å². The second kappa shape index (κ2) is 14.8. The summed E-state index contributed by atoms with van der Waals surface area (Å²) >= 11 is 1.59. The first-order valence-electron chi connectivity index (χ1n) is 13.8. The van der Waals surface area contributed by atoms with Crippen LogP contribution in [0.25, 0.3) is 21.8 Å². The number of thiazole rings is 1. The maximum absolute atomic E-state index is 12.3. The number of hydrogen-bond acceptors (Lipinski definition) is 7. The molecule has 210 valence electrons. The van der Waals surface area contributed by atoms with Crippen molar-refractivity contribution >= 4 is 23.3 Å². The minimum Gasteiger partial charge on any atom is -0.494 e. The predicted molar refractivity (Wildman–Crippen MR) is 157 cm³/mol. The van der Waals surface area contributed by atoms with Gasteiger partial charge in [0.15, 0.2) is 0 Å². The number of benzene rings is 2. The number of ether oxygens (including phenoxy) is 3. The third kappa shape index (κ3) is 10.1. The van der Waals surface area contributed by atoms with Crippen molar-refractivity contribution in [3.63, 3.8) is 0 Å². The molecule has 0 amide bonds. The number of nitrogens with zero attached hydrogens (tertiary/aromatic N) is 1. The molecule has 0 fully saturated rings. The van der Waals surface area contributed by atoms with Gasteiger partial charge in [-0.15, -0.1) is 11.3 Å². The Morgan fingerprint density at radius 2 is 1.59 bits per heavy atom. The highest BCUT2D eigenvalue weighted by Crippen LogP contribution is 2.30. The molecular formula is C32H41NO5S. The highest BCUT2D eigenvalue weighted by atomic mass is 32.1. The Morgan fingerprint density at radius 1 is 0.923 bits per heavy atom. The van der Waals surface area contributed by atoms with Crippen LogP contribution < -0.4 is 4.74 Å². The van der Waals surface area contributed by atoms with Crippen LogP contribution in [-0.2, 0) is 25.5 Å². The van der Waals surface area contributed by atoms with E-state index < -0.39 is 23.5 Å². The zero-order chi connectivity index (χ0) is 28.3. The molecule has 0 aliphatic rings. The number of methoxy groups -OCH3 is 1. The number of rotatable bonds is 14. The maximum atomic E-state index is 12.3. The number of carbonyl (C=O) groups excluding carboxylic acids is 2. The molecule has 0 radical (unpaired) electrons. The van der Waals surface area contributed by atoms with E-state index in [2.05, 4.69) is 12.3 Å². The molecule has 0 saturated carbocycles. The van der Waals surface area contributed by atoms with Crippen molar-refractivity contribution in [2.45, 2.75) is 78.2 Å². The Bertz CT molecular complexity index is 1180. The average Bonchev–Trinajstić information content (AvgIpc) is 3.40. The van der Waals surface area contributed by atoms with Crippen LogP contribution in [0, 0.1) is 5.92 Å².